The molecule has 2 rings (SSSR count). The van der Waals surface area contributed by atoms with Crippen LogP contribution in [0.2, 0.25) is 0 Å². The van der Waals surface area contributed by atoms with Gasteiger partial charge in [-0.05, 0) is 35.0 Å². The Morgan fingerprint density at radius 2 is 2.11 bits per heavy atom. The number of Topliss-reactive ketones (excluding diaryl/α,β-unsaturated/α-hetero) is 1. The standard InChI is InChI=1S/C12H14N4O2S/c1-9(17)8-19-12-13-14-15-16(12)7-10-3-5-11(18-2)6-4-10/h3-6H,7-8H2,1-2H3. The molecule has 1 aromatic carbocycles. The molecule has 0 fully saturated rings. The van der Waals surface area contributed by atoms with Crippen LogP contribution >= 0.6 is 11.8 Å². The van der Waals surface area contributed by atoms with Crippen molar-refractivity contribution in [2.45, 2.75) is 18.6 Å². The minimum Gasteiger partial charge on any atom is -0.497 e. The van der Waals surface area contributed by atoms with E-state index in [1.54, 1.807) is 18.7 Å². The Morgan fingerprint density at radius 1 is 1.37 bits per heavy atom. The Hall–Kier alpha value is -1.89. The zero-order valence-electron chi connectivity index (χ0n) is 10.7. The number of hydrogen-bond acceptors (Lipinski definition) is 6. The highest BCUT2D eigenvalue weighted by Crippen LogP contribution is 2.16. The molecule has 7 heteroatoms. The quantitative estimate of drug-likeness (QED) is 0.744. The maximum atomic E-state index is 11.0. The van der Waals surface area contributed by atoms with Gasteiger partial charge in [-0.1, -0.05) is 23.9 Å². The van der Waals surface area contributed by atoms with Crippen molar-refractivity contribution in [1.29, 1.82) is 0 Å². The fourth-order valence-electron chi connectivity index (χ4n) is 1.47. The molecule has 0 amide bonds. The van der Waals surface area contributed by atoms with Gasteiger partial charge in [-0.25, -0.2) is 4.68 Å². The van der Waals surface area contributed by atoms with Crippen LogP contribution < -0.4 is 4.74 Å². The molecule has 0 aliphatic carbocycles. The van der Waals surface area contributed by atoms with E-state index in [0.29, 0.717) is 17.5 Å². The normalized spacial score (nSPS) is 10.4. The zero-order chi connectivity index (χ0) is 13.7. The molecule has 0 radical (unpaired) electrons. The lowest BCUT2D eigenvalue weighted by Crippen LogP contribution is -2.05. The molecular formula is C12H14N4O2S. The Bertz CT molecular complexity index is 553. The molecule has 0 saturated carbocycles. The van der Waals surface area contributed by atoms with Crippen LogP contribution in [0, 0.1) is 0 Å². The summed E-state index contributed by atoms with van der Waals surface area (Å²) in [7, 11) is 1.63. The van der Waals surface area contributed by atoms with Gasteiger partial charge >= 0.3 is 0 Å². The number of thioether (sulfide) groups is 1. The van der Waals surface area contributed by atoms with Gasteiger partial charge in [0.05, 0.1) is 19.4 Å². The Balaban J connectivity index is 2.05. The molecule has 0 atom stereocenters. The first-order chi connectivity index (χ1) is 9.19. The van der Waals surface area contributed by atoms with Gasteiger partial charge in [0.25, 0.3) is 0 Å². The molecular weight excluding hydrogens is 264 g/mol. The van der Waals surface area contributed by atoms with Gasteiger partial charge < -0.3 is 4.74 Å². The van der Waals surface area contributed by atoms with Crippen LogP contribution in [0.25, 0.3) is 0 Å². The topological polar surface area (TPSA) is 69.9 Å². The fourth-order valence-corrected chi connectivity index (χ4v) is 2.15. The summed E-state index contributed by atoms with van der Waals surface area (Å²) in [6.07, 6.45) is 0. The summed E-state index contributed by atoms with van der Waals surface area (Å²) >= 11 is 1.34. The van der Waals surface area contributed by atoms with E-state index in [-0.39, 0.29) is 5.78 Å². The third-order valence-corrected chi connectivity index (χ3v) is 3.50. The Labute approximate surface area is 115 Å². The van der Waals surface area contributed by atoms with Crippen LogP contribution in [0.1, 0.15) is 12.5 Å². The molecule has 0 unspecified atom stereocenters. The van der Waals surface area contributed by atoms with Crippen molar-refractivity contribution in [3.8, 4) is 5.75 Å². The first-order valence-corrected chi connectivity index (χ1v) is 6.69. The van der Waals surface area contributed by atoms with Crippen molar-refractivity contribution in [1.82, 2.24) is 20.2 Å². The monoisotopic (exact) mass is 278 g/mol. The molecule has 0 spiro atoms. The number of hydrogen-bond donors (Lipinski definition) is 0. The number of nitrogens with zero attached hydrogens (tertiary/aromatic N) is 4. The van der Waals surface area contributed by atoms with Crippen LogP contribution in [0.5, 0.6) is 5.75 Å². The van der Waals surface area contributed by atoms with Crippen molar-refractivity contribution in [2.24, 2.45) is 0 Å². The van der Waals surface area contributed by atoms with Crippen LogP contribution in [-0.4, -0.2) is 38.9 Å². The molecule has 19 heavy (non-hydrogen) atoms. The predicted molar refractivity (Wildman–Crippen MR) is 71.3 cm³/mol. The predicted octanol–water partition coefficient (Wildman–Crippen LogP) is 1.41. The molecule has 2 aromatic rings. The summed E-state index contributed by atoms with van der Waals surface area (Å²) < 4.78 is 6.78. The molecule has 6 nitrogen and oxygen atoms in total. The molecule has 1 heterocycles. The van der Waals surface area contributed by atoms with Gasteiger partial charge in [0.1, 0.15) is 11.5 Å². The number of aromatic nitrogens is 4. The number of rotatable bonds is 6. The summed E-state index contributed by atoms with van der Waals surface area (Å²) in [5.74, 6) is 1.29. The first kappa shape index (κ1) is 13.5. The van der Waals surface area contributed by atoms with E-state index in [2.05, 4.69) is 15.5 Å². The van der Waals surface area contributed by atoms with Crippen molar-refractivity contribution in [3.63, 3.8) is 0 Å². The lowest BCUT2D eigenvalue weighted by Gasteiger charge is -2.05. The van der Waals surface area contributed by atoms with Crippen molar-refractivity contribution < 1.29 is 9.53 Å². The van der Waals surface area contributed by atoms with E-state index in [9.17, 15) is 4.79 Å². The van der Waals surface area contributed by atoms with Crippen LogP contribution in [-0.2, 0) is 11.3 Å². The largest absolute Gasteiger partial charge is 0.497 e. The number of ketones is 1. The average Bonchev–Trinajstić information content (AvgIpc) is 2.84. The van der Waals surface area contributed by atoms with E-state index >= 15 is 0 Å². The average molecular weight is 278 g/mol. The number of methoxy groups -OCH3 is 1. The lowest BCUT2D eigenvalue weighted by atomic mass is 10.2. The molecule has 0 bridgehead atoms. The van der Waals surface area contributed by atoms with Crippen molar-refractivity contribution in [3.05, 3.63) is 29.8 Å². The van der Waals surface area contributed by atoms with Gasteiger partial charge in [0, 0.05) is 0 Å². The summed E-state index contributed by atoms with van der Waals surface area (Å²) in [5, 5.41) is 12.1. The molecule has 0 saturated heterocycles. The van der Waals surface area contributed by atoms with Crippen molar-refractivity contribution >= 4 is 17.5 Å². The summed E-state index contributed by atoms with van der Waals surface area (Å²) in [5.41, 5.74) is 1.07. The van der Waals surface area contributed by atoms with E-state index in [4.69, 9.17) is 4.74 Å². The lowest BCUT2D eigenvalue weighted by molar-refractivity contribution is -0.114. The summed E-state index contributed by atoms with van der Waals surface area (Å²) in [4.78, 5) is 11.0. The first-order valence-electron chi connectivity index (χ1n) is 5.70. The third-order valence-electron chi connectivity index (χ3n) is 2.39. The molecule has 0 N–H and O–H groups in total. The van der Waals surface area contributed by atoms with E-state index in [1.165, 1.54) is 11.8 Å². The van der Waals surface area contributed by atoms with Gasteiger partial charge in [-0.15, -0.1) is 5.10 Å². The number of carbonyl (C=O) groups is 1. The van der Waals surface area contributed by atoms with Gasteiger partial charge in [0.15, 0.2) is 0 Å². The van der Waals surface area contributed by atoms with Crippen LogP contribution in [0.4, 0.5) is 0 Å². The van der Waals surface area contributed by atoms with Gasteiger partial charge in [-0.3, -0.25) is 4.79 Å². The smallest absolute Gasteiger partial charge is 0.210 e. The van der Waals surface area contributed by atoms with Crippen LogP contribution in [0.15, 0.2) is 29.4 Å². The molecule has 100 valence electrons. The third kappa shape index (κ3) is 3.78. The Kier molecular flexibility index (Phi) is 4.51. The molecule has 1 aromatic heterocycles. The van der Waals surface area contributed by atoms with E-state index in [1.807, 2.05) is 24.3 Å². The highest BCUT2D eigenvalue weighted by atomic mass is 32.2. The number of tetrazole rings is 1. The maximum Gasteiger partial charge on any atom is 0.210 e. The fraction of sp³-hybridized carbons (Fsp3) is 0.333. The minimum atomic E-state index is 0.101. The number of benzene rings is 1. The minimum absolute atomic E-state index is 0.101. The van der Waals surface area contributed by atoms with Crippen LogP contribution in [0.3, 0.4) is 0 Å². The summed E-state index contributed by atoms with van der Waals surface area (Å²) in [6.45, 7) is 2.11. The summed E-state index contributed by atoms with van der Waals surface area (Å²) in [6, 6.07) is 7.70. The molecule has 0 aliphatic heterocycles. The number of carbonyl (C=O) groups excluding carboxylic acids is 1. The highest BCUT2D eigenvalue weighted by Gasteiger charge is 2.08. The molecule has 0 aliphatic rings. The van der Waals surface area contributed by atoms with Gasteiger partial charge in [0.2, 0.25) is 5.16 Å². The number of ether oxygens (including phenoxy) is 1. The SMILES string of the molecule is COc1ccc(Cn2nnnc2SCC(C)=O)cc1. The van der Waals surface area contributed by atoms with E-state index < -0.39 is 0 Å². The Morgan fingerprint density at radius 3 is 2.74 bits per heavy atom. The van der Waals surface area contributed by atoms with Crippen molar-refractivity contribution in [2.75, 3.05) is 12.9 Å². The van der Waals surface area contributed by atoms with E-state index in [0.717, 1.165) is 11.3 Å². The van der Waals surface area contributed by atoms with Gasteiger partial charge in [-0.2, -0.15) is 0 Å². The second-order valence-electron chi connectivity index (χ2n) is 3.96. The zero-order valence-corrected chi connectivity index (χ0v) is 11.6. The highest BCUT2D eigenvalue weighted by molar-refractivity contribution is 7.99. The maximum absolute atomic E-state index is 11.0. The second kappa shape index (κ2) is 6.33. The second-order valence-corrected chi connectivity index (χ2v) is 4.90.